The van der Waals surface area contributed by atoms with Crippen molar-refractivity contribution in [2.45, 2.75) is 6.92 Å². The Hall–Kier alpha value is -2.22. The van der Waals surface area contributed by atoms with Crippen LogP contribution in [0.4, 0.5) is 5.82 Å². The molecule has 0 aliphatic heterocycles. The van der Waals surface area contributed by atoms with E-state index in [9.17, 15) is 9.59 Å². The van der Waals surface area contributed by atoms with Gasteiger partial charge in [0.15, 0.2) is 0 Å². The standard InChI is InChI=1S/C11H16N4O4/c1-7-13-5-8(11(17)18)10(15-7)14-6-9(16)12-3-4-19-2/h5H,3-4,6H2,1-2H3,(H,12,16)(H,17,18)(H,13,14,15). The molecule has 1 rings (SSSR count). The molecule has 1 aromatic heterocycles. The smallest absolute Gasteiger partial charge is 0.341 e. The highest BCUT2D eigenvalue weighted by Gasteiger charge is 2.13. The van der Waals surface area contributed by atoms with E-state index in [1.165, 1.54) is 13.3 Å². The number of carboxylic acid groups (broad SMARTS) is 1. The number of nitrogens with zero attached hydrogens (tertiary/aromatic N) is 2. The van der Waals surface area contributed by atoms with E-state index in [2.05, 4.69) is 20.6 Å². The molecule has 104 valence electrons. The minimum absolute atomic E-state index is 0.0690. The van der Waals surface area contributed by atoms with Gasteiger partial charge in [0.2, 0.25) is 5.91 Å². The lowest BCUT2D eigenvalue weighted by molar-refractivity contribution is -0.119. The second kappa shape index (κ2) is 7.27. The Labute approximate surface area is 110 Å². The molecule has 1 heterocycles. The topological polar surface area (TPSA) is 113 Å². The van der Waals surface area contributed by atoms with E-state index >= 15 is 0 Å². The fraction of sp³-hybridized carbons (Fsp3) is 0.455. The number of carbonyl (C=O) groups excluding carboxylic acids is 1. The SMILES string of the molecule is COCCNC(=O)CNc1nc(C)ncc1C(=O)O. The average molecular weight is 268 g/mol. The summed E-state index contributed by atoms with van der Waals surface area (Å²) in [5, 5.41) is 14.2. The number of carboxylic acids is 1. The van der Waals surface area contributed by atoms with Crippen LogP contribution in [-0.2, 0) is 9.53 Å². The molecule has 3 N–H and O–H groups in total. The molecule has 0 aromatic carbocycles. The molecule has 0 saturated carbocycles. The molecular formula is C11H16N4O4. The van der Waals surface area contributed by atoms with Crippen LogP contribution in [0.2, 0.25) is 0 Å². The number of hydrogen-bond acceptors (Lipinski definition) is 6. The summed E-state index contributed by atoms with van der Waals surface area (Å²) >= 11 is 0. The minimum Gasteiger partial charge on any atom is -0.477 e. The molecule has 1 aromatic rings. The number of carbonyl (C=O) groups is 2. The maximum absolute atomic E-state index is 11.4. The number of anilines is 1. The van der Waals surface area contributed by atoms with Gasteiger partial charge in [0.1, 0.15) is 17.2 Å². The van der Waals surface area contributed by atoms with Crippen molar-refractivity contribution in [1.29, 1.82) is 0 Å². The molecule has 0 unspecified atom stereocenters. The first-order valence-electron chi connectivity index (χ1n) is 5.61. The van der Waals surface area contributed by atoms with Gasteiger partial charge >= 0.3 is 5.97 Å². The zero-order valence-corrected chi connectivity index (χ0v) is 10.8. The van der Waals surface area contributed by atoms with Crippen LogP contribution in [0.25, 0.3) is 0 Å². The first-order valence-corrected chi connectivity index (χ1v) is 5.61. The minimum atomic E-state index is -1.15. The van der Waals surface area contributed by atoms with Crippen molar-refractivity contribution in [2.24, 2.45) is 0 Å². The van der Waals surface area contributed by atoms with E-state index in [-0.39, 0.29) is 23.8 Å². The number of amides is 1. The first kappa shape index (κ1) is 14.8. The highest BCUT2D eigenvalue weighted by Crippen LogP contribution is 2.10. The van der Waals surface area contributed by atoms with Gasteiger partial charge < -0.3 is 20.5 Å². The lowest BCUT2D eigenvalue weighted by atomic mass is 10.3. The Balaban J connectivity index is 2.59. The van der Waals surface area contributed by atoms with Gasteiger partial charge in [-0.1, -0.05) is 0 Å². The molecule has 0 radical (unpaired) electrons. The predicted octanol–water partition coefficient (Wildman–Crippen LogP) is -0.342. The third kappa shape index (κ3) is 4.88. The normalized spacial score (nSPS) is 10.0. The monoisotopic (exact) mass is 268 g/mol. The van der Waals surface area contributed by atoms with Crippen molar-refractivity contribution in [1.82, 2.24) is 15.3 Å². The number of aromatic nitrogens is 2. The van der Waals surface area contributed by atoms with Gasteiger partial charge in [0, 0.05) is 19.9 Å². The summed E-state index contributed by atoms with van der Waals surface area (Å²) in [5.41, 5.74) is -0.0738. The van der Waals surface area contributed by atoms with E-state index in [1.54, 1.807) is 6.92 Å². The fourth-order valence-corrected chi connectivity index (χ4v) is 1.28. The van der Waals surface area contributed by atoms with E-state index < -0.39 is 5.97 Å². The number of methoxy groups -OCH3 is 1. The first-order chi connectivity index (χ1) is 9.04. The Bertz CT molecular complexity index is 464. The van der Waals surface area contributed by atoms with Crippen molar-refractivity contribution in [2.75, 3.05) is 32.1 Å². The number of rotatable bonds is 7. The average Bonchev–Trinajstić information content (AvgIpc) is 2.36. The number of hydrogen-bond donors (Lipinski definition) is 3. The van der Waals surface area contributed by atoms with E-state index in [0.717, 1.165) is 0 Å². The Kier molecular flexibility index (Phi) is 5.68. The molecule has 8 nitrogen and oxygen atoms in total. The van der Waals surface area contributed by atoms with Gasteiger partial charge in [0.05, 0.1) is 13.2 Å². The lowest BCUT2D eigenvalue weighted by Gasteiger charge is -2.09. The molecule has 0 spiro atoms. The highest BCUT2D eigenvalue weighted by molar-refractivity contribution is 5.93. The molecule has 0 saturated heterocycles. The molecule has 0 bridgehead atoms. The summed E-state index contributed by atoms with van der Waals surface area (Å²) in [7, 11) is 1.53. The van der Waals surface area contributed by atoms with Crippen molar-refractivity contribution in [3.05, 3.63) is 17.6 Å². The maximum Gasteiger partial charge on any atom is 0.341 e. The van der Waals surface area contributed by atoms with Crippen LogP contribution in [0.5, 0.6) is 0 Å². The van der Waals surface area contributed by atoms with Crippen molar-refractivity contribution >= 4 is 17.7 Å². The van der Waals surface area contributed by atoms with E-state index in [4.69, 9.17) is 9.84 Å². The Morgan fingerprint density at radius 1 is 1.47 bits per heavy atom. The largest absolute Gasteiger partial charge is 0.477 e. The summed E-state index contributed by atoms with van der Waals surface area (Å²) in [5.74, 6) is -0.874. The maximum atomic E-state index is 11.4. The van der Waals surface area contributed by atoms with E-state index in [1.807, 2.05) is 0 Å². The third-order valence-corrected chi connectivity index (χ3v) is 2.18. The summed E-state index contributed by atoms with van der Waals surface area (Å²) in [6, 6.07) is 0. The number of nitrogens with one attached hydrogen (secondary N) is 2. The van der Waals surface area contributed by atoms with E-state index in [0.29, 0.717) is 19.0 Å². The van der Waals surface area contributed by atoms with Crippen LogP contribution in [0, 0.1) is 6.92 Å². The molecule has 0 aliphatic rings. The van der Waals surface area contributed by atoms with Gasteiger partial charge in [-0.25, -0.2) is 14.8 Å². The zero-order chi connectivity index (χ0) is 14.3. The molecule has 8 heteroatoms. The molecule has 0 aliphatic carbocycles. The van der Waals surface area contributed by atoms with Crippen LogP contribution >= 0.6 is 0 Å². The number of ether oxygens (including phenoxy) is 1. The van der Waals surface area contributed by atoms with Crippen LogP contribution < -0.4 is 10.6 Å². The fourth-order valence-electron chi connectivity index (χ4n) is 1.28. The van der Waals surface area contributed by atoms with Crippen molar-refractivity contribution in [3.8, 4) is 0 Å². The van der Waals surface area contributed by atoms with Crippen LogP contribution in [0.15, 0.2) is 6.20 Å². The molecule has 0 fully saturated rings. The van der Waals surface area contributed by atoms with Crippen LogP contribution in [-0.4, -0.2) is 53.8 Å². The highest BCUT2D eigenvalue weighted by atomic mass is 16.5. The third-order valence-electron chi connectivity index (χ3n) is 2.18. The summed E-state index contributed by atoms with van der Waals surface area (Å²) in [4.78, 5) is 30.1. The second-order valence-corrected chi connectivity index (χ2v) is 3.68. The zero-order valence-electron chi connectivity index (χ0n) is 10.8. The molecule has 1 amide bonds. The Morgan fingerprint density at radius 3 is 2.84 bits per heavy atom. The van der Waals surface area contributed by atoms with Gasteiger partial charge in [-0.3, -0.25) is 4.79 Å². The van der Waals surface area contributed by atoms with Crippen LogP contribution in [0.1, 0.15) is 16.2 Å². The molecule has 0 atom stereocenters. The molecular weight excluding hydrogens is 252 g/mol. The summed E-state index contributed by atoms with van der Waals surface area (Å²) < 4.78 is 4.79. The van der Waals surface area contributed by atoms with Gasteiger partial charge in [0.25, 0.3) is 0 Å². The number of aryl methyl sites for hydroxylation is 1. The Morgan fingerprint density at radius 2 is 2.21 bits per heavy atom. The predicted molar refractivity (Wildman–Crippen MR) is 67.1 cm³/mol. The quantitative estimate of drug-likeness (QED) is 0.579. The number of aromatic carboxylic acids is 1. The summed E-state index contributed by atoms with van der Waals surface area (Å²) in [6.07, 6.45) is 1.20. The second-order valence-electron chi connectivity index (χ2n) is 3.68. The van der Waals surface area contributed by atoms with Crippen molar-refractivity contribution < 1.29 is 19.4 Å². The van der Waals surface area contributed by atoms with Crippen LogP contribution in [0.3, 0.4) is 0 Å². The van der Waals surface area contributed by atoms with Crippen molar-refractivity contribution in [3.63, 3.8) is 0 Å². The van der Waals surface area contributed by atoms with Gasteiger partial charge in [-0.05, 0) is 6.92 Å². The van der Waals surface area contributed by atoms with Gasteiger partial charge in [-0.2, -0.15) is 0 Å². The summed E-state index contributed by atoms with van der Waals surface area (Å²) in [6.45, 7) is 2.38. The molecule has 19 heavy (non-hydrogen) atoms. The van der Waals surface area contributed by atoms with Gasteiger partial charge in [-0.15, -0.1) is 0 Å². The lowest BCUT2D eigenvalue weighted by Crippen LogP contribution is -2.32.